The van der Waals surface area contributed by atoms with Gasteiger partial charge in [-0.1, -0.05) is 0 Å². The van der Waals surface area contributed by atoms with E-state index in [4.69, 9.17) is 47.3 Å². The zero-order valence-electron chi connectivity index (χ0n) is 6.77. The molecule has 0 aliphatic carbocycles. The van der Waals surface area contributed by atoms with Gasteiger partial charge in [-0.3, -0.25) is 22.8 Å². The molecule has 0 saturated heterocycles. The minimum absolute atomic E-state index is 0. The summed E-state index contributed by atoms with van der Waals surface area (Å²) in [5.41, 5.74) is 0. The van der Waals surface area contributed by atoms with Gasteiger partial charge in [-0.15, -0.1) is 0 Å². The quantitative estimate of drug-likeness (QED) is 0.422. The number of hydrogen-bond donors (Lipinski definition) is 0. The zero-order chi connectivity index (χ0) is 13.5. The van der Waals surface area contributed by atoms with E-state index in [0.29, 0.717) is 0 Å². The average Bonchev–Trinajstić information content (AvgIpc) is 2.09. The van der Waals surface area contributed by atoms with E-state index in [1.165, 1.54) is 0 Å². The molecule has 0 aromatic rings. The van der Waals surface area contributed by atoms with E-state index in [2.05, 4.69) is 0 Å². The van der Waals surface area contributed by atoms with Crippen molar-refractivity contribution in [3.05, 3.63) is 0 Å². The maximum atomic E-state index is 8.35. The Morgan fingerprint density at radius 3 is 0.438 bits per heavy atom. The Kier molecular flexibility index (Phi) is 228. The van der Waals surface area contributed by atoms with Crippen LogP contribution in [0.3, 0.4) is 0 Å². The van der Waals surface area contributed by atoms with Gasteiger partial charge in [-0.2, -0.15) is 0 Å². The van der Waals surface area contributed by atoms with Crippen LogP contribution >= 0.6 is 43.4 Å². The molecule has 0 aromatic carbocycles. The molecule has 16 heavy (non-hydrogen) atoms. The predicted octanol–water partition coefficient (Wildman–Crippen LogP) is -2.24. The Balaban J connectivity index is -0.0000000192. The van der Waals surface area contributed by atoms with Crippen molar-refractivity contribution in [2.24, 2.45) is 0 Å². The van der Waals surface area contributed by atoms with Crippen LogP contribution in [0.5, 0.6) is 0 Å². The maximum absolute atomic E-state index is 8.35. The first-order chi connectivity index (χ1) is 7.07. The Labute approximate surface area is 109 Å². The fourth-order valence-electron chi connectivity index (χ4n) is 0. The largest absolute Gasteiger partial charge is 5.00 e. The van der Waals surface area contributed by atoms with Crippen LogP contribution in [0.4, 0.5) is 0 Å². The van der Waals surface area contributed by atoms with Crippen LogP contribution in [0, 0.1) is 0 Å². The Bertz CT molecular complexity index is 91.5. The second kappa shape index (κ2) is 102. The van der Waals surface area contributed by atoms with Crippen LogP contribution in [0.25, 0.3) is 0 Å². The molecule has 0 aliphatic heterocycles. The van der Waals surface area contributed by atoms with Gasteiger partial charge in [0.2, 0.25) is 0 Å². The normalized spacial score (nSPS) is 6.56. The molecule has 0 fully saturated rings. The molecule has 0 bridgehead atoms. The molecule has 0 spiro atoms. The van der Waals surface area contributed by atoms with E-state index in [1.807, 2.05) is 0 Å². The smallest absolute Gasteiger partial charge is 0.772 e. The molecule has 0 N–H and O–H groups in total. The van der Waals surface area contributed by atoms with Gasteiger partial charge in [0, 0.05) is 0 Å². The Morgan fingerprint density at radius 2 is 0.438 bits per heavy atom. The second-order valence-corrected chi connectivity index (χ2v) is 1.12. The van der Waals surface area contributed by atoms with Crippen molar-refractivity contribution in [2.75, 3.05) is 0 Å². The van der Waals surface area contributed by atoms with E-state index in [-0.39, 0.29) is 18.6 Å². The molecule has 0 aliphatic rings. The van der Waals surface area contributed by atoms with Gasteiger partial charge in [0.25, 0.3) is 0 Å². The third-order valence-corrected chi connectivity index (χ3v) is 0. The summed E-state index contributed by atoms with van der Waals surface area (Å²) in [5.74, 6) is 0. The third-order valence-electron chi connectivity index (χ3n) is 0. The molecule has 90 valence electrons. The van der Waals surface area contributed by atoms with E-state index in [1.54, 1.807) is 0 Å². The summed E-state index contributed by atoms with van der Waals surface area (Å²) in [6, 6.07) is 0. The zero-order valence-corrected chi connectivity index (χ0v) is 12.6. The fourth-order valence-corrected chi connectivity index (χ4v) is 0. The topological polar surface area (TPSA) is 201 Å². The minimum atomic E-state index is -1.08. The molecule has 16 heteroatoms. The number of hydrogen-bond acceptors (Lipinski definition) is 10. The number of rotatable bonds is 0. The van der Waals surface area contributed by atoms with Gasteiger partial charge in [0.15, 0.2) is 0 Å². The van der Waals surface area contributed by atoms with Crippen molar-refractivity contribution in [1.29, 1.82) is 0 Å². The van der Waals surface area contributed by atoms with Gasteiger partial charge in [-0.05, 0) is 0 Å². The summed E-state index contributed by atoms with van der Waals surface area (Å²) in [6.45, 7) is 0. The summed E-state index contributed by atoms with van der Waals surface area (Å²) in [6.07, 6.45) is 0. The van der Waals surface area contributed by atoms with Crippen molar-refractivity contribution < 1.29 is 65.8 Å². The summed E-state index contributed by atoms with van der Waals surface area (Å²) in [5, 5.41) is 0. The molecule has 0 aromatic heterocycles. The molecular formula is O10P5V. The summed E-state index contributed by atoms with van der Waals surface area (Å²) >= 11 is 0. The first-order valence-electron chi connectivity index (χ1n) is 1.83. The maximum Gasteiger partial charge on any atom is 5.00 e. The Hall–Kier alpha value is 0.884. The molecule has 0 unspecified atom stereocenters. The summed E-state index contributed by atoms with van der Waals surface area (Å²) < 4.78 is 41.7. The van der Waals surface area contributed by atoms with Crippen molar-refractivity contribution in [3.63, 3.8) is 0 Å². The second-order valence-electron chi connectivity index (χ2n) is 0.373. The third kappa shape index (κ3) is 3670. The van der Waals surface area contributed by atoms with Crippen molar-refractivity contribution in [1.82, 2.24) is 0 Å². The standard InChI is InChI=1S/5HO2P.V/c5*1-3-2;/h5*(H,1,2);/q;;;;;+5/p-5. The molecule has 0 radical (unpaired) electrons. The van der Waals surface area contributed by atoms with Gasteiger partial charge in [-0.25, -0.2) is 0 Å². The van der Waals surface area contributed by atoms with Gasteiger partial charge >= 0.3 is 18.6 Å². The molecule has 0 atom stereocenters. The summed E-state index contributed by atoms with van der Waals surface area (Å²) in [7, 11) is -5.42. The fraction of sp³-hybridized carbons (Fsp3) is 0. The van der Waals surface area contributed by atoms with Gasteiger partial charge in [0.05, 0.1) is 43.4 Å². The van der Waals surface area contributed by atoms with Crippen molar-refractivity contribution in [3.8, 4) is 0 Å². The monoisotopic (exact) mass is 366 g/mol. The Morgan fingerprint density at radius 1 is 0.438 bits per heavy atom. The van der Waals surface area contributed by atoms with Gasteiger partial charge < -0.3 is 24.5 Å². The van der Waals surface area contributed by atoms with Crippen LogP contribution in [-0.2, 0) is 41.4 Å². The van der Waals surface area contributed by atoms with Crippen LogP contribution < -0.4 is 24.5 Å². The van der Waals surface area contributed by atoms with Crippen LogP contribution in [0.2, 0.25) is 0 Å². The van der Waals surface area contributed by atoms with Crippen molar-refractivity contribution in [2.45, 2.75) is 0 Å². The van der Waals surface area contributed by atoms with E-state index >= 15 is 0 Å². The molecule has 10 nitrogen and oxygen atoms in total. The SMILES string of the molecule is O=P[O-].O=P[O-].O=P[O-].O=P[O-].O=P[O-].[V+5]. The van der Waals surface area contributed by atoms with Crippen LogP contribution in [0.15, 0.2) is 0 Å². The van der Waals surface area contributed by atoms with E-state index in [9.17, 15) is 0 Å². The summed E-state index contributed by atoms with van der Waals surface area (Å²) in [4.78, 5) is 41.7. The van der Waals surface area contributed by atoms with Crippen LogP contribution in [0.1, 0.15) is 0 Å². The predicted molar refractivity (Wildman–Crippen MR) is 38.0 cm³/mol. The van der Waals surface area contributed by atoms with Gasteiger partial charge in [0.1, 0.15) is 0 Å². The molecular weight excluding hydrogens is 366 g/mol. The molecule has 0 saturated carbocycles. The van der Waals surface area contributed by atoms with Crippen LogP contribution in [-0.4, -0.2) is 0 Å². The molecule has 0 rings (SSSR count). The minimum Gasteiger partial charge on any atom is -0.772 e. The molecule has 0 amide bonds. The first kappa shape index (κ1) is 36.0. The van der Waals surface area contributed by atoms with Crippen molar-refractivity contribution >= 4 is 43.4 Å². The first-order valence-corrected chi connectivity index (χ1v) is 5.48. The van der Waals surface area contributed by atoms with E-state index < -0.39 is 43.4 Å². The average molecular weight is 366 g/mol. The molecule has 0 heterocycles. The van der Waals surface area contributed by atoms with E-state index in [0.717, 1.165) is 0 Å².